The smallest absolute Gasteiger partial charge is 0.258 e. The summed E-state index contributed by atoms with van der Waals surface area (Å²) in [4.78, 5) is 15.3. The normalized spacial score (nSPS) is 24.6. The monoisotopic (exact) mass is 354 g/mol. The Morgan fingerprint density at radius 1 is 1.19 bits per heavy atom. The van der Waals surface area contributed by atoms with Crippen LogP contribution in [0, 0.1) is 24.6 Å². The Labute approximate surface area is 153 Å². The van der Waals surface area contributed by atoms with Crippen LogP contribution in [0.3, 0.4) is 0 Å². The van der Waals surface area contributed by atoms with Gasteiger partial charge in [-0.15, -0.1) is 0 Å². The number of rotatable bonds is 3. The molecule has 3 atom stereocenters. The van der Waals surface area contributed by atoms with Gasteiger partial charge in [-0.05, 0) is 36.1 Å². The molecule has 5 heteroatoms. The highest BCUT2D eigenvalue weighted by Crippen LogP contribution is 2.44. The predicted octanol–water partition coefficient (Wildman–Crippen LogP) is 3.18. The minimum Gasteiger partial charge on any atom is -0.493 e. The number of nitrogens with zero attached hydrogens (tertiary/aromatic N) is 1. The molecule has 2 aliphatic heterocycles. The van der Waals surface area contributed by atoms with Crippen LogP contribution in [0.2, 0.25) is 0 Å². The van der Waals surface area contributed by atoms with E-state index in [2.05, 4.69) is 24.4 Å². The number of halogens is 1. The van der Waals surface area contributed by atoms with Crippen molar-refractivity contribution >= 4 is 5.91 Å². The largest absolute Gasteiger partial charge is 0.493 e. The number of ether oxygens (including phenoxy) is 1. The molecule has 4 nitrogen and oxygen atoms in total. The SMILES string of the molecule is COc1c(F)cccc1C(=O)N1C[C@@H]2CNC[C@@H]2[C@@H]1c1ccccc1C. The second kappa shape index (κ2) is 6.72. The first kappa shape index (κ1) is 17.0. The van der Waals surface area contributed by atoms with Crippen LogP contribution in [0.4, 0.5) is 4.39 Å². The number of fused-ring (bicyclic) bond motifs is 1. The van der Waals surface area contributed by atoms with Gasteiger partial charge in [-0.25, -0.2) is 4.39 Å². The second-order valence-corrected chi connectivity index (χ2v) is 7.16. The number of methoxy groups -OCH3 is 1. The molecule has 2 saturated heterocycles. The maximum atomic E-state index is 14.1. The molecule has 0 spiro atoms. The summed E-state index contributed by atoms with van der Waals surface area (Å²) in [5, 5.41) is 3.45. The van der Waals surface area contributed by atoms with Crippen LogP contribution in [0.5, 0.6) is 5.75 Å². The molecule has 136 valence electrons. The zero-order chi connectivity index (χ0) is 18.3. The Morgan fingerprint density at radius 2 is 2.00 bits per heavy atom. The van der Waals surface area contributed by atoms with Gasteiger partial charge in [0.15, 0.2) is 11.6 Å². The van der Waals surface area contributed by atoms with Crippen molar-refractivity contribution in [1.82, 2.24) is 10.2 Å². The zero-order valence-electron chi connectivity index (χ0n) is 15.0. The van der Waals surface area contributed by atoms with E-state index < -0.39 is 5.82 Å². The Balaban J connectivity index is 1.76. The zero-order valence-corrected chi connectivity index (χ0v) is 15.0. The second-order valence-electron chi connectivity index (χ2n) is 7.16. The lowest BCUT2D eigenvalue weighted by Crippen LogP contribution is -2.35. The Kier molecular flexibility index (Phi) is 4.41. The topological polar surface area (TPSA) is 41.6 Å². The third-order valence-electron chi connectivity index (χ3n) is 5.73. The number of hydrogen-bond donors (Lipinski definition) is 1. The van der Waals surface area contributed by atoms with Crippen LogP contribution in [0.25, 0.3) is 0 Å². The molecule has 0 aromatic heterocycles. The van der Waals surface area contributed by atoms with Crippen LogP contribution < -0.4 is 10.1 Å². The van der Waals surface area contributed by atoms with E-state index in [-0.39, 0.29) is 17.7 Å². The number of likely N-dealkylation sites (tertiary alicyclic amines) is 1. The average Bonchev–Trinajstić information content (AvgIpc) is 3.22. The molecule has 1 amide bonds. The molecular formula is C21H23FN2O2. The highest BCUT2D eigenvalue weighted by atomic mass is 19.1. The first-order valence-corrected chi connectivity index (χ1v) is 9.01. The fourth-order valence-corrected chi connectivity index (χ4v) is 4.49. The molecule has 0 bridgehead atoms. The van der Waals surface area contributed by atoms with Crippen molar-refractivity contribution in [2.45, 2.75) is 13.0 Å². The minimum atomic E-state index is -0.508. The summed E-state index contributed by atoms with van der Waals surface area (Å²) >= 11 is 0. The van der Waals surface area contributed by atoms with Gasteiger partial charge in [0.05, 0.1) is 18.7 Å². The summed E-state index contributed by atoms with van der Waals surface area (Å²) < 4.78 is 19.3. The van der Waals surface area contributed by atoms with E-state index in [9.17, 15) is 9.18 Å². The molecule has 0 radical (unpaired) electrons. The van der Waals surface area contributed by atoms with Crippen molar-refractivity contribution in [2.24, 2.45) is 11.8 Å². The van der Waals surface area contributed by atoms with Gasteiger partial charge >= 0.3 is 0 Å². The lowest BCUT2D eigenvalue weighted by Gasteiger charge is -2.30. The van der Waals surface area contributed by atoms with Crippen LogP contribution in [-0.2, 0) is 0 Å². The highest BCUT2D eigenvalue weighted by molar-refractivity contribution is 5.97. The van der Waals surface area contributed by atoms with Gasteiger partial charge in [-0.3, -0.25) is 4.79 Å². The number of carbonyl (C=O) groups is 1. The summed E-state index contributed by atoms with van der Waals surface area (Å²) in [6, 6.07) is 12.7. The van der Waals surface area contributed by atoms with Gasteiger partial charge < -0.3 is 15.0 Å². The summed E-state index contributed by atoms with van der Waals surface area (Å²) in [7, 11) is 1.40. The molecular weight excluding hydrogens is 331 g/mol. The van der Waals surface area contributed by atoms with E-state index in [4.69, 9.17) is 4.74 Å². The molecule has 0 unspecified atom stereocenters. The van der Waals surface area contributed by atoms with Crippen molar-refractivity contribution in [3.63, 3.8) is 0 Å². The summed E-state index contributed by atoms with van der Waals surface area (Å²) in [5.41, 5.74) is 2.64. The number of para-hydroxylation sites is 1. The number of benzene rings is 2. The Morgan fingerprint density at radius 3 is 2.77 bits per heavy atom. The van der Waals surface area contributed by atoms with Crippen LogP contribution >= 0.6 is 0 Å². The standard InChI is InChI=1S/C21H23FN2O2/c1-13-6-3-4-7-15(13)19-17-11-23-10-14(17)12-24(19)21(25)16-8-5-9-18(22)20(16)26-2/h3-9,14,17,19,23H,10-12H2,1-2H3/t14-,17-,19-/m0/s1. The number of hydrogen-bond acceptors (Lipinski definition) is 3. The number of amides is 1. The molecule has 2 heterocycles. The molecule has 2 aliphatic rings. The fraction of sp³-hybridized carbons (Fsp3) is 0.381. The average molecular weight is 354 g/mol. The molecule has 2 aromatic rings. The molecule has 1 N–H and O–H groups in total. The lowest BCUT2D eigenvalue weighted by molar-refractivity contribution is 0.0709. The summed E-state index contributed by atoms with van der Waals surface area (Å²) in [6.45, 7) is 4.57. The van der Waals surface area contributed by atoms with E-state index in [0.717, 1.165) is 13.1 Å². The van der Waals surface area contributed by atoms with Crippen LogP contribution in [0.1, 0.15) is 27.5 Å². The third kappa shape index (κ3) is 2.67. The van der Waals surface area contributed by atoms with E-state index in [1.807, 2.05) is 17.0 Å². The molecule has 0 saturated carbocycles. The van der Waals surface area contributed by atoms with Crippen molar-refractivity contribution in [3.8, 4) is 5.75 Å². The van der Waals surface area contributed by atoms with Gasteiger partial charge in [0.2, 0.25) is 0 Å². The van der Waals surface area contributed by atoms with Gasteiger partial charge in [0, 0.05) is 25.6 Å². The quantitative estimate of drug-likeness (QED) is 0.921. The van der Waals surface area contributed by atoms with Crippen LogP contribution in [0.15, 0.2) is 42.5 Å². The van der Waals surface area contributed by atoms with E-state index >= 15 is 0 Å². The first-order valence-electron chi connectivity index (χ1n) is 9.01. The van der Waals surface area contributed by atoms with Gasteiger partial charge in [0.25, 0.3) is 5.91 Å². The molecule has 4 rings (SSSR count). The van der Waals surface area contributed by atoms with Gasteiger partial charge in [-0.1, -0.05) is 30.3 Å². The molecule has 2 aromatic carbocycles. The molecule has 0 aliphatic carbocycles. The molecule has 2 fully saturated rings. The highest BCUT2D eigenvalue weighted by Gasteiger charge is 2.47. The van der Waals surface area contributed by atoms with E-state index in [1.54, 1.807) is 12.1 Å². The van der Waals surface area contributed by atoms with E-state index in [1.165, 1.54) is 24.3 Å². The summed E-state index contributed by atoms with van der Waals surface area (Å²) in [6.07, 6.45) is 0. The lowest BCUT2D eigenvalue weighted by atomic mass is 9.87. The van der Waals surface area contributed by atoms with Crippen molar-refractivity contribution < 1.29 is 13.9 Å². The van der Waals surface area contributed by atoms with Gasteiger partial charge in [0.1, 0.15) is 0 Å². The maximum absolute atomic E-state index is 14.1. The van der Waals surface area contributed by atoms with Crippen molar-refractivity contribution in [1.29, 1.82) is 0 Å². The number of aryl methyl sites for hydroxylation is 1. The predicted molar refractivity (Wildman–Crippen MR) is 97.8 cm³/mol. The van der Waals surface area contributed by atoms with Crippen molar-refractivity contribution in [2.75, 3.05) is 26.7 Å². The van der Waals surface area contributed by atoms with Crippen molar-refractivity contribution in [3.05, 3.63) is 65.0 Å². The summed E-state index contributed by atoms with van der Waals surface area (Å²) in [5.74, 6) is 0.148. The Hall–Kier alpha value is -2.40. The third-order valence-corrected chi connectivity index (χ3v) is 5.73. The fourth-order valence-electron chi connectivity index (χ4n) is 4.49. The number of nitrogens with one attached hydrogen (secondary N) is 1. The van der Waals surface area contributed by atoms with Crippen LogP contribution in [-0.4, -0.2) is 37.6 Å². The number of carbonyl (C=O) groups excluding carboxylic acids is 1. The minimum absolute atomic E-state index is 0.00308. The van der Waals surface area contributed by atoms with E-state index in [0.29, 0.717) is 23.9 Å². The Bertz CT molecular complexity index is 839. The first-order chi connectivity index (χ1) is 12.6. The van der Waals surface area contributed by atoms with Gasteiger partial charge in [-0.2, -0.15) is 0 Å². The molecule has 26 heavy (non-hydrogen) atoms. The maximum Gasteiger partial charge on any atom is 0.258 e.